The fraction of sp³-hybridized carbons (Fsp3) is 0.150. The van der Waals surface area contributed by atoms with Crippen molar-refractivity contribution in [3.63, 3.8) is 0 Å². The average Bonchev–Trinajstić information content (AvgIpc) is 3.02. The molecule has 4 aromatic rings. The number of para-hydroxylation sites is 1. The molecule has 0 atom stereocenters. The van der Waals surface area contributed by atoms with Gasteiger partial charge in [0, 0.05) is 24.1 Å². The minimum Gasteiger partial charge on any atom is -0.495 e. The molecule has 0 saturated carbocycles. The first-order valence-corrected chi connectivity index (χ1v) is 8.53. The fourth-order valence-electron chi connectivity index (χ4n) is 3.09. The van der Waals surface area contributed by atoms with E-state index in [0.29, 0.717) is 22.9 Å². The lowest BCUT2D eigenvalue weighted by Crippen LogP contribution is -2.07. The molecule has 2 N–H and O–H groups in total. The number of benzene rings is 2. The molecule has 27 heavy (non-hydrogen) atoms. The van der Waals surface area contributed by atoms with Gasteiger partial charge in [0.2, 0.25) is 5.91 Å². The number of nitrogens with zero attached hydrogens (tertiary/aromatic N) is 3. The summed E-state index contributed by atoms with van der Waals surface area (Å²) in [6, 6.07) is 15.3. The molecule has 136 valence electrons. The molecular formula is C20H19N5O2. The third kappa shape index (κ3) is 3.15. The fourth-order valence-corrected chi connectivity index (χ4v) is 3.09. The van der Waals surface area contributed by atoms with Crippen molar-refractivity contribution in [3.05, 3.63) is 54.2 Å². The zero-order valence-electron chi connectivity index (χ0n) is 15.3. The second-order valence-corrected chi connectivity index (χ2v) is 6.25. The maximum atomic E-state index is 11.4. The molecule has 7 nitrogen and oxygen atoms in total. The Morgan fingerprint density at radius 1 is 1.15 bits per heavy atom. The summed E-state index contributed by atoms with van der Waals surface area (Å²) in [4.78, 5) is 16.1. The van der Waals surface area contributed by atoms with Crippen LogP contribution in [0.25, 0.3) is 16.6 Å². The minimum absolute atomic E-state index is 0.133. The Balaban J connectivity index is 1.86. The molecule has 0 spiro atoms. The van der Waals surface area contributed by atoms with Gasteiger partial charge < -0.3 is 15.4 Å². The molecule has 2 heterocycles. The van der Waals surface area contributed by atoms with E-state index in [1.165, 1.54) is 6.92 Å². The van der Waals surface area contributed by atoms with Gasteiger partial charge in [-0.15, -0.1) is 0 Å². The number of methoxy groups -OCH3 is 1. The van der Waals surface area contributed by atoms with Gasteiger partial charge in [0.05, 0.1) is 24.0 Å². The lowest BCUT2D eigenvalue weighted by Gasteiger charge is -2.14. The number of hydrogen-bond acceptors (Lipinski definition) is 5. The maximum Gasteiger partial charge on any atom is 0.221 e. The number of fused-ring (bicyclic) bond motifs is 3. The van der Waals surface area contributed by atoms with Crippen LogP contribution in [0.2, 0.25) is 0 Å². The molecule has 2 aromatic heterocycles. The van der Waals surface area contributed by atoms with E-state index < -0.39 is 0 Å². The van der Waals surface area contributed by atoms with Crippen molar-refractivity contribution in [2.24, 2.45) is 0 Å². The molecule has 0 aliphatic rings. The number of carbonyl (C=O) groups excluding carboxylic acids is 1. The van der Waals surface area contributed by atoms with Gasteiger partial charge in [-0.2, -0.15) is 5.10 Å². The van der Waals surface area contributed by atoms with E-state index in [0.717, 1.165) is 22.2 Å². The van der Waals surface area contributed by atoms with Crippen molar-refractivity contribution in [1.82, 2.24) is 14.6 Å². The summed E-state index contributed by atoms with van der Waals surface area (Å²) < 4.78 is 7.29. The summed E-state index contributed by atoms with van der Waals surface area (Å²) in [5.41, 5.74) is 3.99. The van der Waals surface area contributed by atoms with Crippen LogP contribution in [0.1, 0.15) is 12.6 Å². The van der Waals surface area contributed by atoms with Crippen molar-refractivity contribution in [2.45, 2.75) is 13.8 Å². The highest BCUT2D eigenvalue weighted by atomic mass is 16.5. The SMILES string of the molecule is COc1ccc(NC(C)=O)cc1Nc1nc2cc(C)nn2c2ccccc12. The van der Waals surface area contributed by atoms with Crippen molar-refractivity contribution in [2.75, 3.05) is 17.7 Å². The normalized spacial score (nSPS) is 10.9. The van der Waals surface area contributed by atoms with E-state index in [9.17, 15) is 4.79 Å². The molecule has 0 aliphatic carbocycles. The summed E-state index contributed by atoms with van der Waals surface area (Å²) >= 11 is 0. The zero-order chi connectivity index (χ0) is 19.0. The highest BCUT2D eigenvalue weighted by molar-refractivity contribution is 5.94. The standard InChI is InChI=1S/C20H19N5O2/c1-12-10-19-23-20(15-6-4-5-7-17(15)25(19)24-12)22-16-11-14(21-13(2)26)8-9-18(16)27-3/h4-11H,1-3H3,(H,21,26)(H,22,23). The Morgan fingerprint density at radius 3 is 2.74 bits per heavy atom. The lowest BCUT2D eigenvalue weighted by atomic mass is 10.2. The Morgan fingerprint density at radius 2 is 1.96 bits per heavy atom. The van der Waals surface area contributed by atoms with E-state index in [1.54, 1.807) is 19.2 Å². The van der Waals surface area contributed by atoms with Crippen LogP contribution >= 0.6 is 0 Å². The quantitative estimate of drug-likeness (QED) is 0.576. The zero-order valence-corrected chi connectivity index (χ0v) is 15.3. The highest BCUT2D eigenvalue weighted by Crippen LogP contribution is 2.33. The Bertz CT molecular complexity index is 1170. The lowest BCUT2D eigenvalue weighted by molar-refractivity contribution is -0.114. The van der Waals surface area contributed by atoms with Gasteiger partial charge in [-0.1, -0.05) is 12.1 Å². The molecular weight excluding hydrogens is 342 g/mol. The molecule has 2 aromatic carbocycles. The number of nitrogens with one attached hydrogen (secondary N) is 2. The summed E-state index contributed by atoms with van der Waals surface area (Å²) in [5.74, 6) is 1.21. The van der Waals surface area contributed by atoms with Crippen LogP contribution in [0, 0.1) is 6.92 Å². The number of rotatable bonds is 4. The van der Waals surface area contributed by atoms with Gasteiger partial charge >= 0.3 is 0 Å². The van der Waals surface area contributed by atoms with Gasteiger partial charge in [0.1, 0.15) is 11.6 Å². The number of hydrogen-bond donors (Lipinski definition) is 2. The van der Waals surface area contributed by atoms with E-state index in [-0.39, 0.29) is 5.91 Å². The van der Waals surface area contributed by atoms with Crippen LogP contribution in [0.3, 0.4) is 0 Å². The van der Waals surface area contributed by atoms with Crippen molar-refractivity contribution < 1.29 is 9.53 Å². The van der Waals surface area contributed by atoms with Crippen LogP contribution in [0.5, 0.6) is 5.75 Å². The summed E-state index contributed by atoms with van der Waals surface area (Å²) in [5, 5.41) is 11.6. The molecule has 7 heteroatoms. The topological polar surface area (TPSA) is 80.5 Å². The van der Waals surface area contributed by atoms with Gasteiger partial charge in [0.25, 0.3) is 0 Å². The van der Waals surface area contributed by atoms with Gasteiger partial charge in [0.15, 0.2) is 5.65 Å². The molecule has 0 bridgehead atoms. The third-order valence-electron chi connectivity index (χ3n) is 4.20. The number of carbonyl (C=O) groups is 1. The first-order valence-electron chi connectivity index (χ1n) is 8.53. The maximum absolute atomic E-state index is 11.4. The number of anilines is 3. The highest BCUT2D eigenvalue weighted by Gasteiger charge is 2.13. The van der Waals surface area contributed by atoms with Gasteiger partial charge in [-0.05, 0) is 37.3 Å². The molecule has 4 rings (SSSR count). The Kier molecular flexibility index (Phi) is 4.12. The Hall–Kier alpha value is -3.61. The van der Waals surface area contributed by atoms with Crippen molar-refractivity contribution in [3.8, 4) is 5.75 Å². The Labute approximate surface area is 156 Å². The summed E-state index contributed by atoms with van der Waals surface area (Å²) in [7, 11) is 1.60. The van der Waals surface area contributed by atoms with Crippen LogP contribution in [0.4, 0.5) is 17.2 Å². The van der Waals surface area contributed by atoms with Crippen molar-refractivity contribution in [1.29, 1.82) is 0 Å². The number of amides is 1. The van der Waals surface area contributed by atoms with Gasteiger partial charge in [-0.3, -0.25) is 4.79 Å². The van der Waals surface area contributed by atoms with E-state index in [1.807, 2.05) is 47.8 Å². The average molecular weight is 361 g/mol. The first kappa shape index (κ1) is 16.8. The van der Waals surface area contributed by atoms with Gasteiger partial charge in [-0.25, -0.2) is 9.50 Å². The monoisotopic (exact) mass is 361 g/mol. The van der Waals surface area contributed by atoms with E-state index in [4.69, 9.17) is 9.72 Å². The third-order valence-corrected chi connectivity index (χ3v) is 4.20. The van der Waals surface area contributed by atoms with Crippen LogP contribution in [-0.4, -0.2) is 27.6 Å². The predicted octanol–water partition coefficient (Wildman–Crippen LogP) is 3.90. The second kappa shape index (κ2) is 6.60. The molecule has 0 unspecified atom stereocenters. The predicted molar refractivity (Wildman–Crippen MR) is 106 cm³/mol. The minimum atomic E-state index is -0.133. The summed E-state index contributed by atoms with van der Waals surface area (Å²) in [6.45, 7) is 3.42. The van der Waals surface area contributed by atoms with Crippen LogP contribution in [0.15, 0.2) is 48.5 Å². The molecule has 1 amide bonds. The van der Waals surface area contributed by atoms with Crippen LogP contribution < -0.4 is 15.4 Å². The number of ether oxygens (including phenoxy) is 1. The molecule has 0 fully saturated rings. The molecule has 0 saturated heterocycles. The smallest absolute Gasteiger partial charge is 0.221 e. The number of aryl methyl sites for hydroxylation is 1. The number of aromatic nitrogens is 3. The largest absolute Gasteiger partial charge is 0.495 e. The van der Waals surface area contributed by atoms with Crippen molar-refractivity contribution >= 4 is 39.6 Å². The molecule has 0 aliphatic heterocycles. The van der Waals surface area contributed by atoms with E-state index in [2.05, 4.69) is 15.7 Å². The molecule has 0 radical (unpaired) electrons. The summed E-state index contributed by atoms with van der Waals surface area (Å²) in [6.07, 6.45) is 0. The first-order chi connectivity index (χ1) is 13.0. The van der Waals surface area contributed by atoms with Crippen LogP contribution in [-0.2, 0) is 4.79 Å². The van der Waals surface area contributed by atoms with E-state index >= 15 is 0 Å². The second-order valence-electron chi connectivity index (χ2n) is 6.25.